The molecule has 0 aromatic carbocycles. The zero-order chi connectivity index (χ0) is 15.2. The fourth-order valence-corrected chi connectivity index (χ4v) is 2.80. The fraction of sp³-hybridized carbons (Fsp3) is 0.333. The van der Waals surface area contributed by atoms with Gasteiger partial charge in [-0.1, -0.05) is 6.08 Å². The van der Waals surface area contributed by atoms with Gasteiger partial charge in [-0.3, -0.25) is 9.59 Å². The SMILES string of the molecule is O=C(C1=CCC(F)(F)C=C1)c1ccc2n1CCC2C(=O)O. The van der Waals surface area contributed by atoms with Gasteiger partial charge >= 0.3 is 5.97 Å². The number of Topliss-reactive ketones (excluding diaryl/α,β-unsaturated/α-hetero) is 1. The van der Waals surface area contributed by atoms with Crippen LogP contribution in [0.2, 0.25) is 0 Å². The molecule has 0 spiro atoms. The van der Waals surface area contributed by atoms with Crippen molar-refractivity contribution in [2.75, 3.05) is 0 Å². The van der Waals surface area contributed by atoms with Crippen LogP contribution in [-0.4, -0.2) is 27.3 Å². The highest BCUT2D eigenvalue weighted by Crippen LogP contribution is 2.33. The van der Waals surface area contributed by atoms with Gasteiger partial charge in [0.1, 0.15) is 0 Å². The molecule has 1 aliphatic heterocycles. The lowest BCUT2D eigenvalue weighted by atomic mass is 9.99. The van der Waals surface area contributed by atoms with E-state index in [9.17, 15) is 18.4 Å². The van der Waals surface area contributed by atoms with E-state index in [1.54, 1.807) is 16.7 Å². The van der Waals surface area contributed by atoms with E-state index in [0.717, 1.165) is 12.2 Å². The van der Waals surface area contributed by atoms with Gasteiger partial charge in [0, 0.05) is 24.2 Å². The normalized spacial score (nSPS) is 22.8. The number of carboxylic acids is 1. The number of fused-ring (bicyclic) bond motifs is 1. The second-order valence-corrected chi connectivity index (χ2v) is 5.26. The van der Waals surface area contributed by atoms with E-state index in [2.05, 4.69) is 0 Å². The first-order valence-electron chi connectivity index (χ1n) is 6.63. The minimum Gasteiger partial charge on any atom is -0.481 e. The maximum Gasteiger partial charge on any atom is 0.312 e. The van der Waals surface area contributed by atoms with Crippen molar-refractivity contribution in [2.45, 2.75) is 31.2 Å². The van der Waals surface area contributed by atoms with Crippen LogP contribution in [0.4, 0.5) is 8.78 Å². The third-order valence-corrected chi connectivity index (χ3v) is 3.91. The van der Waals surface area contributed by atoms with Crippen LogP contribution in [0.3, 0.4) is 0 Å². The molecule has 1 N–H and O–H groups in total. The number of carbonyl (C=O) groups is 2. The molecule has 1 aromatic heterocycles. The highest BCUT2D eigenvalue weighted by molar-refractivity contribution is 6.10. The van der Waals surface area contributed by atoms with Gasteiger partial charge in [-0.15, -0.1) is 0 Å². The molecule has 2 heterocycles. The Balaban J connectivity index is 1.89. The molecule has 1 unspecified atom stereocenters. The number of allylic oxidation sites excluding steroid dienone is 4. The van der Waals surface area contributed by atoms with Crippen molar-refractivity contribution in [1.29, 1.82) is 0 Å². The molecular weight excluding hydrogens is 280 g/mol. The molecule has 21 heavy (non-hydrogen) atoms. The Labute approximate surface area is 119 Å². The van der Waals surface area contributed by atoms with Gasteiger partial charge in [0.25, 0.3) is 5.92 Å². The van der Waals surface area contributed by atoms with E-state index in [0.29, 0.717) is 24.4 Å². The molecular formula is C15H13F2NO3. The Kier molecular flexibility index (Phi) is 3.04. The van der Waals surface area contributed by atoms with E-state index in [4.69, 9.17) is 5.11 Å². The molecule has 1 aliphatic carbocycles. The van der Waals surface area contributed by atoms with E-state index < -0.39 is 24.2 Å². The van der Waals surface area contributed by atoms with Crippen LogP contribution in [0, 0.1) is 0 Å². The summed E-state index contributed by atoms with van der Waals surface area (Å²) >= 11 is 0. The highest BCUT2D eigenvalue weighted by atomic mass is 19.3. The summed E-state index contributed by atoms with van der Waals surface area (Å²) in [4.78, 5) is 23.5. The minimum atomic E-state index is -2.90. The zero-order valence-electron chi connectivity index (χ0n) is 11.1. The number of alkyl halides is 2. The number of aliphatic carboxylic acids is 1. The zero-order valence-corrected chi connectivity index (χ0v) is 11.1. The first-order valence-corrected chi connectivity index (χ1v) is 6.63. The molecule has 0 bridgehead atoms. The number of carboxylic acid groups (broad SMARTS) is 1. The molecule has 6 heteroatoms. The van der Waals surface area contributed by atoms with Gasteiger partial charge in [0.15, 0.2) is 0 Å². The Morgan fingerprint density at radius 2 is 2.10 bits per heavy atom. The molecule has 0 saturated heterocycles. The molecule has 0 fully saturated rings. The summed E-state index contributed by atoms with van der Waals surface area (Å²) in [6, 6.07) is 3.19. The highest BCUT2D eigenvalue weighted by Gasteiger charge is 2.33. The Morgan fingerprint density at radius 3 is 2.71 bits per heavy atom. The second kappa shape index (κ2) is 4.65. The van der Waals surface area contributed by atoms with Crippen molar-refractivity contribution in [3.63, 3.8) is 0 Å². The Morgan fingerprint density at radius 1 is 1.33 bits per heavy atom. The monoisotopic (exact) mass is 293 g/mol. The van der Waals surface area contributed by atoms with Gasteiger partial charge in [0.2, 0.25) is 5.78 Å². The molecule has 4 nitrogen and oxygen atoms in total. The second-order valence-electron chi connectivity index (χ2n) is 5.26. The van der Waals surface area contributed by atoms with Gasteiger partial charge in [-0.25, -0.2) is 8.78 Å². The molecule has 1 atom stereocenters. The van der Waals surface area contributed by atoms with Crippen LogP contribution in [0.15, 0.2) is 35.9 Å². The predicted molar refractivity (Wildman–Crippen MR) is 70.5 cm³/mol. The van der Waals surface area contributed by atoms with Crippen LogP contribution >= 0.6 is 0 Å². The van der Waals surface area contributed by atoms with Crippen molar-refractivity contribution < 1.29 is 23.5 Å². The third kappa shape index (κ3) is 2.30. The third-order valence-electron chi connectivity index (χ3n) is 3.91. The average Bonchev–Trinajstić information content (AvgIpc) is 2.98. The van der Waals surface area contributed by atoms with E-state index in [1.807, 2.05) is 0 Å². The number of halogens is 2. The summed E-state index contributed by atoms with van der Waals surface area (Å²) in [5, 5.41) is 9.11. The molecule has 2 aliphatic rings. The summed E-state index contributed by atoms with van der Waals surface area (Å²) in [5.74, 6) is -4.77. The molecule has 0 radical (unpaired) electrons. The topological polar surface area (TPSA) is 59.3 Å². The number of aromatic nitrogens is 1. The minimum absolute atomic E-state index is 0.223. The van der Waals surface area contributed by atoms with Crippen LogP contribution in [0.25, 0.3) is 0 Å². The lowest BCUT2D eigenvalue weighted by Gasteiger charge is -2.15. The van der Waals surface area contributed by atoms with E-state index in [1.165, 1.54) is 6.08 Å². The maximum atomic E-state index is 13.0. The predicted octanol–water partition coefficient (Wildman–Crippen LogP) is 2.76. The van der Waals surface area contributed by atoms with Crippen LogP contribution < -0.4 is 0 Å². The van der Waals surface area contributed by atoms with Crippen LogP contribution in [0.5, 0.6) is 0 Å². The number of hydrogen-bond acceptors (Lipinski definition) is 2. The average molecular weight is 293 g/mol. The molecule has 3 rings (SSSR count). The quantitative estimate of drug-likeness (QED) is 0.872. The number of ketones is 1. The van der Waals surface area contributed by atoms with Gasteiger partial charge in [-0.05, 0) is 30.7 Å². The first kappa shape index (κ1) is 13.7. The standard InChI is InChI=1S/C15H13F2NO3/c16-15(17)6-3-9(4-7-15)13(19)12-2-1-11-10(14(20)21)5-8-18(11)12/h1-4,6,10H,5,7-8H2,(H,20,21). The Hall–Kier alpha value is -2.24. The van der Waals surface area contributed by atoms with E-state index in [-0.39, 0.29) is 11.4 Å². The lowest BCUT2D eigenvalue weighted by molar-refractivity contribution is -0.138. The van der Waals surface area contributed by atoms with E-state index >= 15 is 0 Å². The number of nitrogens with zero attached hydrogens (tertiary/aromatic N) is 1. The van der Waals surface area contributed by atoms with Crippen molar-refractivity contribution >= 4 is 11.8 Å². The van der Waals surface area contributed by atoms with Gasteiger partial charge in [0.05, 0.1) is 11.6 Å². The van der Waals surface area contributed by atoms with Gasteiger partial charge < -0.3 is 9.67 Å². The summed E-state index contributed by atoms with van der Waals surface area (Å²) in [5.41, 5.74) is 1.17. The molecule has 0 saturated carbocycles. The fourth-order valence-electron chi connectivity index (χ4n) is 2.80. The van der Waals surface area contributed by atoms with Crippen molar-refractivity contribution in [3.8, 4) is 0 Å². The van der Waals surface area contributed by atoms with Crippen molar-refractivity contribution in [2.24, 2.45) is 0 Å². The van der Waals surface area contributed by atoms with Crippen LogP contribution in [0.1, 0.15) is 34.9 Å². The maximum absolute atomic E-state index is 13.0. The Bertz CT molecular complexity index is 685. The summed E-state index contributed by atoms with van der Waals surface area (Å²) in [6.45, 7) is 0.452. The number of carbonyl (C=O) groups excluding carboxylic acids is 1. The van der Waals surface area contributed by atoms with Crippen molar-refractivity contribution in [1.82, 2.24) is 4.57 Å². The molecule has 1 aromatic rings. The molecule has 0 amide bonds. The first-order chi connectivity index (χ1) is 9.89. The molecule has 110 valence electrons. The van der Waals surface area contributed by atoms with Crippen LogP contribution in [-0.2, 0) is 11.3 Å². The largest absolute Gasteiger partial charge is 0.481 e. The van der Waals surface area contributed by atoms with Gasteiger partial charge in [-0.2, -0.15) is 0 Å². The summed E-state index contributed by atoms with van der Waals surface area (Å²) in [7, 11) is 0. The lowest BCUT2D eigenvalue weighted by Crippen LogP contribution is -2.17. The smallest absolute Gasteiger partial charge is 0.312 e. The van der Waals surface area contributed by atoms with Crippen molar-refractivity contribution in [3.05, 3.63) is 47.3 Å². The summed E-state index contributed by atoms with van der Waals surface area (Å²) < 4.78 is 27.7. The number of hydrogen-bond donors (Lipinski definition) is 1. The summed E-state index contributed by atoms with van der Waals surface area (Å²) in [6.07, 6.45) is 3.05. The number of rotatable bonds is 3.